The van der Waals surface area contributed by atoms with Crippen molar-refractivity contribution < 1.29 is 27.9 Å². The first-order valence-corrected chi connectivity index (χ1v) is 9.05. The Balaban J connectivity index is 2.13. The zero-order valence-electron chi connectivity index (χ0n) is 15.2. The SMILES string of the molecule is CCCCN1C(=O)c2ccccc2C(C(=O)O)C1c1ccc(C(F)(F)F)cc1. The van der Waals surface area contributed by atoms with Crippen LogP contribution in [-0.2, 0) is 11.0 Å². The zero-order chi connectivity index (χ0) is 20.5. The minimum atomic E-state index is -4.48. The lowest BCUT2D eigenvalue weighted by atomic mass is 9.79. The van der Waals surface area contributed by atoms with Crippen molar-refractivity contribution in [1.82, 2.24) is 4.90 Å². The molecule has 0 aromatic heterocycles. The molecule has 2 aromatic carbocycles. The molecule has 0 fully saturated rings. The Morgan fingerprint density at radius 3 is 2.32 bits per heavy atom. The van der Waals surface area contributed by atoms with Gasteiger partial charge in [0, 0.05) is 12.1 Å². The van der Waals surface area contributed by atoms with E-state index >= 15 is 0 Å². The molecule has 0 saturated heterocycles. The Hall–Kier alpha value is -2.83. The molecule has 1 aliphatic rings. The van der Waals surface area contributed by atoms with Crippen molar-refractivity contribution >= 4 is 11.9 Å². The molecule has 1 N–H and O–H groups in total. The van der Waals surface area contributed by atoms with Gasteiger partial charge >= 0.3 is 12.1 Å². The van der Waals surface area contributed by atoms with Gasteiger partial charge < -0.3 is 10.0 Å². The number of hydrogen-bond donors (Lipinski definition) is 1. The van der Waals surface area contributed by atoms with Gasteiger partial charge in [-0.15, -0.1) is 0 Å². The quantitative estimate of drug-likeness (QED) is 0.791. The van der Waals surface area contributed by atoms with Crippen molar-refractivity contribution in [1.29, 1.82) is 0 Å². The molecule has 2 atom stereocenters. The van der Waals surface area contributed by atoms with Crippen LogP contribution >= 0.6 is 0 Å². The molecule has 2 unspecified atom stereocenters. The van der Waals surface area contributed by atoms with E-state index in [1.165, 1.54) is 17.0 Å². The van der Waals surface area contributed by atoms with E-state index in [1.54, 1.807) is 24.3 Å². The highest BCUT2D eigenvalue weighted by atomic mass is 19.4. The number of nitrogens with zero attached hydrogens (tertiary/aromatic N) is 1. The number of amides is 1. The van der Waals surface area contributed by atoms with Crippen LogP contribution in [0, 0.1) is 0 Å². The van der Waals surface area contributed by atoms with E-state index in [9.17, 15) is 27.9 Å². The molecular formula is C21H20F3NO3. The van der Waals surface area contributed by atoms with E-state index < -0.39 is 29.7 Å². The fourth-order valence-corrected chi connectivity index (χ4v) is 3.67. The van der Waals surface area contributed by atoms with Crippen LogP contribution in [-0.4, -0.2) is 28.4 Å². The maximum Gasteiger partial charge on any atom is 0.416 e. The van der Waals surface area contributed by atoms with Gasteiger partial charge in [0.15, 0.2) is 0 Å². The van der Waals surface area contributed by atoms with Crippen LogP contribution < -0.4 is 0 Å². The molecule has 148 valence electrons. The average Bonchev–Trinajstić information content (AvgIpc) is 2.66. The van der Waals surface area contributed by atoms with Crippen LogP contribution in [0.5, 0.6) is 0 Å². The normalized spacial score (nSPS) is 19.4. The third-order valence-corrected chi connectivity index (χ3v) is 5.04. The van der Waals surface area contributed by atoms with Crippen LogP contribution in [0.15, 0.2) is 48.5 Å². The van der Waals surface area contributed by atoms with Crippen LogP contribution in [0.25, 0.3) is 0 Å². The molecule has 0 bridgehead atoms. The van der Waals surface area contributed by atoms with Crippen LogP contribution in [0.2, 0.25) is 0 Å². The maximum atomic E-state index is 13.1. The second-order valence-corrected chi connectivity index (χ2v) is 6.82. The highest BCUT2D eigenvalue weighted by Crippen LogP contribution is 2.43. The molecule has 0 spiro atoms. The summed E-state index contributed by atoms with van der Waals surface area (Å²) in [6.07, 6.45) is -3.03. The van der Waals surface area contributed by atoms with E-state index in [-0.39, 0.29) is 5.91 Å². The summed E-state index contributed by atoms with van der Waals surface area (Å²) >= 11 is 0. The number of aliphatic carboxylic acids is 1. The van der Waals surface area contributed by atoms with Gasteiger partial charge in [0.2, 0.25) is 0 Å². The summed E-state index contributed by atoms with van der Waals surface area (Å²) in [5.41, 5.74) is 0.275. The number of hydrogen-bond acceptors (Lipinski definition) is 2. The van der Waals surface area contributed by atoms with Crippen molar-refractivity contribution in [3.63, 3.8) is 0 Å². The van der Waals surface area contributed by atoms with E-state index in [4.69, 9.17) is 0 Å². The number of rotatable bonds is 5. The largest absolute Gasteiger partial charge is 0.481 e. The summed E-state index contributed by atoms with van der Waals surface area (Å²) < 4.78 is 38.7. The number of carboxylic acid groups (broad SMARTS) is 1. The van der Waals surface area contributed by atoms with Crippen molar-refractivity contribution in [2.24, 2.45) is 0 Å². The lowest BCUT2D eigenvalue weighted by Crippen LogP contribution is -2.45. The highest BCUT2D eigenvalue weighted by molar-refractivity contribution is 6.00. The molecule has 3 rings (SSSR count). The van der Waals surface area contributed by atoms with Gasteiger partial charge in [-0.25, -0.2) is 0 Å². The lowest BCUT2D eigenvalue weighted by molar-refractivity contribution is -0.141. The summed E-state index contributed by atoms with van der Waals surface area (Å²) in [6.45, 7) is 2.28. The Labute approximate surface area is 160 Å². The molecule has 28 heavy (non-hydrogen) atoms. The highest BCUT2D eigenvalue weighted by Gasteiger charge is 2.44. The van der Waals surface area contributed by atoms with E-state index in [0.717, 1.165) is 18.6 Å². The number of halogens is 3. The number of unbranched alkanes of at least 4 members (excludes halogenated alkanes) is 1. The van der Waals surface area contributed by atoms with E-state index in [1.807, 2.05) is 6.92 Å². The Morgan fingerprint density at radius 2 is 1.75 bits per heavy atom. The average molecular weight is 391 g/mol. The molecule has 4 nitrogen and oxygen atoms in total. The zero-order valence-corrected chi connectivity index (χ0v) is 15.2. The summed E-state index contributed by atoms with van der Waals surface area (Å²) in [4.78, 5) is 26.7. The molecule has 0 aliphatic carbocycles. The van der Waals surface area contributed by atoms with Crippen molar-refractivity contribution in [3.8, 4) is 0 Å². The summed E-state index contributed by atoms with van der Waals surface area (Å²) in [6, 6.07) is 10.0. The third-order valence-electron chi connectivity index (χ3n) is 5.04. The van der Waals surface area contributed by atoms with Crippen molar-refractivity contribution in [3.05, 3.63) is 70.8 Å². The number of fused-ring (bicyclic) bond motifs is 1. The Kier molecular flexibility index (Phi) is 5.45. The molecule has 2 aromatic rings. The summed E-state index contributed by atoms with van der Waals surface area (Å²) in [7, 11) is 0. The number of carbonyl (C=O) groups excluding carboxylic acids is 1. The molecule has 7 heteroatoms. The predicted octanol–water partition coefficient (Wildman–Crippen LogP) is 4.87. The van der Waals surface area contributed by atoms with Gasteiger partial charge in [-0.2, -0.15) is 13.2 Å². The third kappa shape index (κ3) is 3.61. The number of benzene rings is 2. The minimum Gasteiger partial charge on any atom is -0.481 e. The fraction of sp³-hybridized carbons (Fsp3) is 0.333. The van der Waals surface area contributed by atoms with Gasteiger partial charge in [-0.05, 0) is 35.7 Å². The second-order valence-electron chi connectivity index (χ2n) is 6.82. The number of carbonyl (C=O) groups is 2. The number of carboxylic acids is 1. The number of alkyl halides is 3. The minimum absolute atomic E-state index is 0.300. The van der Waals surface area contributed by atoms with Crippen molar-refractivity contribution in [2.75, 3.05) is 6.54 Å². The Bertz CT molecular complexity index is 877. The van der Waals surface area contributed by atoms with Crippen LogP contribution in [0.1, 0.15) is 58.8 Å². The maximum absolute atomic E-state index is 13.1. The summed E-state index contributed by atoms with van der Waals surface area (Å²) in [5.74, 6) is -2.47. The smallest absolute Gasteiger partial charge is 0.416 e. The van der Waals surface area contributed by atoms with E-state index in [0.29, 0.717) is 29.7 Å². The lowest BCUT2D eigenvalue weighted by Gasteiger charge is -2.41. The Morgan fingerprint density at radius 1 is 1.11 bits per heavy atom. The van der Waals surface area contributed by atoms with Gasteiger partial charge in [-0.1, -0.05) is 43.7 Å². The molecule has 1 heterocycles. The molecule has 1 amide bonds. The molecular weight excluding hydrogens is 371 g/mol. The van der Waals surface area contributed by atoms with Crippen molar-refractivity contribution in [2.45, 2.75) is 37.9 Å². The van der Waals surface area contributed by atoms with Gasteiger partial charge in [0.1, 0.15) is 5.92 Å². The summed E-state index contributed by atoms with van der Waals surface area (Å²) in [5, 5.41) is 9.91. The topological polar surface area (TPSA) is 57.6 Å². The van der Waals surface area contributed by atoms with Crippen LogP contribution in [0.4, 0.5) is 13.2 Å². The first kappa shape index (κ1) is 19.9. The molecule has 1 aliphatic heterocycles. The van der Waals surface area contributed by atoms with Gasteiger partial charge in [0.25, 0.3) is 5.91 Å². The standard InChI is InChI=1S/C21H20F3NO3/c1-2-3-12-25-18(13-8-10-14(11-9-13)21(22,23)24)17(20(27)28)15-6-4-5-7-16(15)19(25)26/h4-11,17-18H,2-3,12H2,1H3,(H,27,28). The van der Waals surface area contributed by atoms with Gasteiger partial charge in [0.05, 0.1) is 11.6 Å². The molecule has 0 radical (unpaired) electrons. The van der Waals surface area contributed by atoms with Crippen LogP contribution in [0.3, 0.4) is 0 Å². The van der Waals surface area contributed by atoms with Gasteiger partial charge in [-0.3, -0.25) is 9.59 Å². The first-order valence-electron chi connectivity index (χ1n) is 9.05. The molecule has 0 saturated carbocycles. The predicted molar refractivity (Wildman–Crippen MR) is 96.9 cm³/mol. The van der Waals surface area contributed by atoms with E-state index in [2.05, 4.69) is 0 Å². The fourth-order valence-electron chi connectivity index (χ4n) is 3.67. The monoisotopic (exact) mass is 391 g/mol. The first-order chi connectivity index (χ1) is 13.3. The second kappa shape index (κ2) is 7.66.